The van der Waals surface area contributed by atoms with Crippen LogP contribution in [0.2, 0.25) is 0 Å². The predicted octanol–water partition coefficient (Wildman–Crippen LogP) is -0.399. The summed E-state index contributed by atoms with van der Waals surface area (Å²) in [5, 5.41) is 0. The molecule has 0 bridgehead atoms. The van der Waals surface area contributed by atoms with Crippen molar-refractivity contribution in [1.82, 2.24) is 9.80 Å². The third-order valence-electron chi connectivity index (χ3n) is 3.58. The third kappa shape index (κ3) is 2.35. The quantitative estimate of drug-likeness (QED) is 0.500. The van der Waals surface area contributed by atoms with Gasteiger partial charge in [-0.3, -0.25) is 19.4 Å². The number of barbiturate groups is 1. The molecule has 3 rings (SSSR count). The minimum absolute atomic E-state index is 0.0716. The third-order valence-corrected chi connectivity index (χ3v) is 3.58. The number of urea groups is 1. The molecule has 3 saturated heterocycles. The van der Waals surface area contributed by atoms with Gasteiger partial charge in [-0.2, -0.15) is 0 Å². The molecule has 7 nitrogen and oxygen atoms in total. The van der Waals surface area contributed by atoms with Crippen molar-refractivity contribution in [1.29, 1.82) is 0 Å². The molecule has 7 heteroatoms. The Bertz CT molecular complexity index is 394. The Morgan fingerprint density at radius 2 is 1.42 bits per heavy atom. The van der Waals surface area contributed by atoms with Crippen LogP contribution >= 0.6 is 0 Å². The molecule has 0 saturated carbocycles. The Hall–Kier alpha value is -1.47. The fourth-order valence-electron chi connectivity index (χ4n) is 2.26. The van der Waals surface area contributed by atoms with E-state index in [1.165, 1.54) is 0 Å². The van der Waals surface area contributed by atoms with E-state index in [0.717, 1.165) is 9.80 Å². The molecule has 3 heterocycles. The highest BCUT2D eigenvalue weighted by Crippen LogP contribution is 2.25. The summed E-state index contributed by atoms with van der Waals surface area (Å²) in [5.74, 6) is -1.56. The molecular weight excluding hydrogens is 252 g/mol. The normalized spacial score (nSPS) is 33.9. The first-order chi connectivity index (χ1) is 9.11. The molecule has 2 unspecified atom stereocenters. The SMILES string of the molecule is CCC1C(=O)N(CC2CO2)C(=O)N(CC2CO2)C1=O. The molecular formula is C12H16N2O5. The topological polar surface area (TPSA) is 82.8 Å². The standard InChI is InChI=1S/C12H16N2O5/c1-2-9-10(15)13(3-7-5-18-7)12(17)14(11(9)16)4-8-6-19-8/h7-9H,2-6H2,1H3. The van der Waals surface area contributed by atoms with Crippen molar-refractivity contribution in [2.75, 3.05) is 26.3 Å². The average Bonchev–Trinajstić information content (AvgIpc) is 3.25. The number of nitrogens with zero attached hydrogens (tertiary/aromatic N) is 2. The van der Waals surface area contributed by atoms with Gasteiger partial charge in [0.15, 0.2) is 0 Å². The number of hydrogen-bond donors (Lipinski definition) is 0. The van der Waals surface area contributed by atoms with Crippen molar-refractivity contribution in [3.05, 3.63) is 0 Å². The molecule has 0 aliphatic carbocycles. The van der Waals surface area contributed by atoms with E-state index in [4.69, 9.17) is 9.47 Å². The largest absolute Gasteiger partial charge is 0.371 e. The molecule has 3 fully saturated rings. The van der Waals surface area contributed by atoms with E-state index in [-0.39, 0.29) is 25.3 Å². The average molecular weight is 268 g/mol. The molecule has 3 aliphatic heterocycles. The van der Waals surface area contributed by atoms with Gasteiger partial charge in [0.25, 0.3) is 0 Å². The zero-order valence-corrected chi connectivity index (χ0v) is 10.7. The van der Waals surface area contributed by atoms with Crippen molar-refractivity contribution in [2.24, 2.45) is 5.92 Å². The molecule has 0 N–H and O–H groups in total. The van der Waals surface area contributed by atoms with Gasteiger partial charge >= 0.3 is 6.03 Å². The zero-order chi connectivity index (χ0) is 13.6. The van der Waals surface area contributed by atoms with Crippen LogP contribution in [0.15, 0.2) is 0 Å². The summed E-state index contributed by atoms with van der Waals surface area (Å²) in [7, 11) is 0. The fraction of sp³-hybridized carbons (Fsp3) is 0.750. The Morgan fingerprint density at radius 3 is 1.74 bits per heavy atom. The number of imide groups is 2. The number of carbonyl (C=O) groups is 3. The molecule has 104 valence electrons. The maximum atomic E-state index is 12.2. The van der Waals surface area contributed by atoms with Crippen molar-refractivity contribution >= 4 is 17.8 Å². The molecule has 0 aromatic heterocycles. The molecule has 0 aromatic rings. The van der Waals surface area contributed by atoms with Gasteiger partial charge in [-0.05, 0) is 6.42 Å². The summed E-state index contributed by atoms with van der Waals surface area (Å²) in [5.41, 5.74) is 0. The van der Waals surface area contributed by atoms with E-state index >= 15 is 0 Å². The van der Waals surface area contributed by atoms with E-state index in [0.29, 0.717) is 19.6 Å². The number of carbonyl (C=O) groups excluding carboxylic acids is 3. The van der Waals surface area contributed by atoms with Crippen molar-refractivity contribution < 1.29 is 23.9 Å². The Balaban J connectivity index is 1.79. The van der Waals surface area contributed by atoms with Gasteiger partial charge in [0.2, 0.25) is 11.8 Å². The van der Waals surface area contributed by atoms with E-state index < -0.39 is 23.8 Å². The fourth-order valence-corrected chi connectivity index (χ4v) is 2.26. The van der Waals surface area contributed by atoms with Crippen LogP contribution in [0.1, 0.15) is 13.3 Å². The summed E-state index contributed by atoms with van der Waals surface area (Å²) in [4.78, 5) is 38.8. The summed E-state index contributed by atoms with van der Waals surface area (Å²) in [6, 6.07) is -0.536. The summed E-state index contributed by atoms with van der Waals surface area (Å²) in [6.45, 7) is 3.38. The number of ether oxygens (including phenoxy) is 2. The Morgan fingerprint density at radius 1 is 1.00 bits per heavy atom. The maximum Gasteiger partial charge on any atom is 0.333 e. The second kappa shape index (κ2) is 4.57. The maximum absolute atomic E-state index is 12.2. The lowest BCUT2D eigenvalue weighted by molar-refractivity contribution is -0.149. The highest BCUT2D eigenvalue weighted by atomic mass is 16.6. The van der Waals surface area contributed by atoms with Gasteiger partial charge in [0.05, 0.1) is 38.5 Å². The minimum atomic E-state index is -0.754. The minimum Gasteiger partial charge on any atom is -0.371 e. The predicted molar refractivity (Wildman–Crippen MR) is 62.1 cm³/mol. The van der Waals surface area contributed by atoms with Crippen LogP contribution in [-0.2, 0) is 19.1 Å². The van der Waals surface area contributed by atoms with E-state index in [1.54, 1.807) is 6.92 Å². The molecule has 19 heavy (non-hydrogen) atoms. The molecule has 0 aromatic carbocycles. The lowest BCUT2D eigenvalue weighted by Gasteiger charge is -2.36. The van der Waals surface area contributed by atoms with Crippen LogP contribution in [0.25, 0.3) is 0 Å². The highest BCUT2D eigenvalue weighted by Gasteiger charge is 2.48. The van der Waals surface area contributed by atoms with Gasteiger partial charge in [-0.25, -0.2) is 4.79 Å². The molecule has 0 radical (unpaired) electrons. The highest BCUT2D eigenvalue weighted by molar-refractivity contribution is 6.16. The smallest absolute Gasteiger partial charge is 0.333 e. The first-order valence-electron chi connectivity index (χ1n) is 6.51. The molecule has 0 spiro atoms. The Kier molecular flexibility index (Phi) is 3.02. The lowest BCUT2D eigenvalue weighted by atomic mass is 10.00. The second-order valence-corrected chi connectivity index (χ2v) is 5.05. The van der Waals surface area contributed by atoms with Gasteiger partial charge < -0.3 is 9.47 Å². The molecule has 4 amide bonds. The number of hydrogen-bond acceptors (Lipinski definition) is 5. The van der Waals surface area contributed by atoms with E-state index in [2.05, 4.69) is 0 Å². The molecule has 2 atom stereocenters. The lowest BCUT2D eigenvalue weighted by Crippen LogP contribution is -2.61. The Labute approximate surface area is 110 Å². The van der Waals surface area contributed by atoms with Crippen LogP contribution in [-0.4, -0.2) is 66.2 Å². The van der Waals surface area contributed by atoms with Crippen molar-refractivity contribution in [3.8, 4) is 0 Å². The van der Waals surface area contributed by atoms with Crippen LogP contribution in [0.5, 0.6) is 0 Å². The van der Waals surface area contributed by atoms with E-state index in [9.17, 15) is 14.4 Å². The first-order valence-corrected chi connectivity index (χ1v) is 6.51. The van der Waals surface area contributed by atoms with Gasteiger partial charge in [-0.1, -0.05) is 6.92 Å². The van der Waals surface area contributed by atoms with Gasteiger partial charge in [0, 0.05) is 0 Å². The molecule has 3 aliphatic rings. The number of epoxide rings is 2. The number of amides is 4. The van der Waals surface area contributed by atoms with Gasteiger partial charge in [-0.15, -0.1) is 0 Å². The van der Waals surface area contributed by atoms with Crippen LogP contribution in [0.3, 0.4) is 0 Å². The summed E-state index contributed by atoms with van der Waals surface area (Å²) >= 11 is 0. The monoisotopic (exact) mass is 268 g/mol. The van der Waals surface area contributed by atoms with Gasteiger partial charge in [0.1, 0.15) is 5.92 Å². The van der Waals surface area contributed by atoms with Crippen molar-refractivity contribution in [3.63, 3.8) is 0 Å². The van der Waals surface area contributed by atoms with Crippen LogP contribution < -0.4 is 0 Å². The van der Waals surface area contributed by atoms with Crippen molar-refractivity contribution in [2.45, 2.75) is 25.6 Å². The first kappa shape index (κ1) is 12.6. The summed E-state index contributed by atoms with van der Waals surface area (Å²) in [6.07, 6.45) is 0.255. The van der Waals surface area contributed by atoms with Crippen LogP contribution in [0, 0.1) is 5.92 Å². The second-order valence-electron chi connectivity index (χ2n) is 5.05. The number of rotatable bonds is 5. The van der Waals surface area contributed by atoms with E-state index in [1.807, 2.05) is 0 Å². The zero-order valence-electron chi connectivity index (χ0n) is 10.7. The summed E-state index contributed by atoms with van der Waals surface area (Å²) < 4.78 is 10.1. The van der Waals surface area contributed by atoms with Crippen LogP contribution in [0.4, 0.5) is 4.79 Å².